The number of rotatable bonds is 4. The first-order chi connectivity index (χ1) is 12.7. The van der Waals surface area contributed by atoms with Crippen molar-refractivity contribution in [2.45, 2.75) is 25.2 Å². The van der Waals surface area contributed by atoms with Gasteiger partial charge in [0.15, 0.2) is 5.82 Å². The van der Waals surface area contributed by atoms with Crippen LogP contribution in [0.3, 0.4) is 0 Å². The van der Waals surface area contributed by atoms with E-state index in [1.54, 1.807) is 17.2 Å². The summed E-state index contributed by atoms with van der Waals surface area (Å²) in [6.45, 7) is 1.51. The van der Waals surface area contributed by atoms with Gasteiger partial charge in [0.25, 0.3) is 0 Å². The van der Waals surface area contributed by atoms with E-state index in [-0.39, 0.29) is 5.91 Å². The van der Waals surface area contributed by atoms with Crippen LogP contribution in [0.25, 0.3) is 5.69 Å². The fourth-order valence-electron chi connectivity index (χ4n) is 3.45. The Hall–Kier alpha value is -3.03. The molecule has 1 aliphatic heterocycles. The maximum Gasteiger partial charge on any atom is 0.226 e. The molecule has 2 aromatic heterocycles. The van der Waals surface area contributed by atoms with Gasteiger partial charge in [0.1, 0.15) is 0 Å². The summed E-state index contributed by atoms with van der Waals surface area (Å²) in [6.07, 6.45) is 7.64. The predicted molar refractivity (Wildman–Crippen MR) is 94.6 cm³/mol. The van der Waals surface area contributed by atoms with Gasteiger partial charge in [0, 0.05) is 44.1 Å². The quantitative estimate of drug-likeness (QED) is 0.708. The van der Waals surface area contributed by atoms with E-state index in [4.69, 9.17) is 0 Å². The van der Waals surface area contributed by atoms with Crippen LogP contribution in [0.4, 0.5) is 0 Å². The van der Waals surface area contributed by atoms with E-state index in [2.05, 4.69) is 20.5 Å². The lowest BCUT2D eigenvalue weighted by Crippen LogP contribution is -2.39. The summed E-state index contributed by atoms with van der Waals surface area (Å²) in [5, 5.41) is 11.7. The Morgan fingerprint density at radius 3 is 2.58 bits per heavy atom. The molecule has 3 heterocycles. The fraction of sp³-hybridized carbons (Fsp3) is 0.389. The van der Waals surface area contributed by atoms with Crippen molar-refractivity contribution in [2.24, 2.45) is 7.05 Å². The van der Waals surface area contributed by atoms with Crippen molar-refractivity contribution in [2.75, 3.05) is 13.1 Å². The summed E-state index contributed by atoms with van der Waals surface area (Å²) in [6, 6.07) is 8.03. The molecule has 1 saturated heterocycles. The van der Waals surface area contributed by atoms with Crippen LogP contribution in [0.1, 0.15) is 30.1 Å². The van der Waals surface area contributed by atoms with E-state index in [9.17, 15) is 4.79 Å². The Labute approximate surface area is 151 Å². The minimum atomic E-state index is 0.176. The molecule has 1 amide bonds. The molecule has 1 aromatic carbocycles. The molecule has 0 unspecified atom stereocenters. The number of aromatic nitrogens is 6. The van der Waals surface area contributed by atoms with E-state index in [1.165, 1.54) is 0 Å². The first kappa shape index (κ1) is 16.4. The lowest BCUT2D eigenvalue weighted by Gasteiger charge is -2.31. The van der Waals surface area contributed by atoms with E-state index < -0.39 is 0 Å². The highest BCUT2D eigenvalue weighted by Crippen LogP contribution is 2.26. The molecule has 1 aliphatic rings. The third-order valence-corrected chi connectivity index (χ3v) is 4.96. The fourth-order valence-corrected chi connectivity index (χ4v) is 3.45. The van der Waals surface area contributed by atoms with Crippen LogP contribution in [-0.2, 0) is 18.3 Å². The maximum absolute atomic E-state index is 12.6. The maximum atomic E-state index is 12.6. The second-order valence-electron chi connectivity index (χ2n) is 6.63. The van der Waals surface area contributed by atoms with E-state index in [0.717, 1.165) is 43.0 Å². The van der Waals surface area contributed by atoms with Crippen LogP contribution in [0, 0.1) is 0 Å². The van der Waals surface area contributed by atoms with Gasteiger partial charge >= 0.3 is 0 Å². The summed E-state index contributed by atoms with van der Waals surface area (Å²) in [5.74, 6) is 1.41. The molecule has 1 fully saturated rings. The monoisotopic (exact) mass is 351 g/mol. The molecule has 134 valence electrons. The zero-order valence-corrected chi connectivity index (χ0v) is 14.7. The molecule has 0 N–H and O–H groups in total. The van der Waals surface area contributed by atoms with Crippen molar-refractivity contribution >= 4 is 5.91 Å². The summed E-state index contributed by atoms with van der Waals surface area (Å²) < 4.78 is 3.67. The first-order valence-corrected chi connectivity index (χ1v) is 8.78. The molecule has 8 nitrogen and oxygen atoms in total. The van der Waals surface area contributed by atoms with Crippen LogP contribution in [0.15, 0.2) is 43.0 Å². The van der Waals surface area contributed by atoms with E-state index >= 15 is 0 Å². The van der Waals surface area contributed by atoms with Gasteiger partial charge in [0.2, 0.25) is 5.91 Å². The van der Waals surface area contributed by atoms with Crippen LogP contribution in [0.5, 0.6) is 0 Å². The van der Waals surface area contributed by atoms with Crippen molar-refractivity contribution in [3.63, 3.8) is 0 Å². The summed E-state index contributed by atoms with van der Waals surface area (Å²) in [5.41, 5.74) is 2.07. The highest BCUT2D eigenvalue weighted by atomic mass is 16.2. The van der Waals surface area contributed by atoms with E-state index in [0.29, 0.717) is 12.3 Å². The molecular formula is C18H21N7O. The van der Waals surface area contributed by atoms with Crippen LogP contribution < -0.4 is 0 Å². The molecule has 0 atom stereocenters. The summed E-state index contributed by atoms with van der Waals surface area (Å²) in [7, 11) is 1.86. The number of aryl methyl sites for hydroxylation is 1. The average Bonchev–Trinajstić information content (AvgIpc) is 3.34. The third kappa shape index (κ3) is 3.35. The Kier molecular flexibility index (Phi) is 4.47. The molecule has 0 aliphatic carbocycles. The third-order valence-electron chi connectivity index (χ3n) is 4.96. The molecular weight excluding hydrogens is 330 g/mol. The van der Waals surface area contributed by atoms with Gasteiger partial charge in [-0.15, -0.1) is 5.10 Å². The number of likely N-dealkylation sites (tertiary alicyclic amines) is 1. The Bertz CT molecular complexity index is 861. The first-order valence-electron chi connectivity index (χ1n) is 8.78. The van der Waals surface area contributed by atoms with Crippen LogP contribution in [0.2, 0.25) is 0 Å². The highest BCUT2D eigenvalue weighted by Gasteiger charge is 2.26. The number of hydrogen-bond donors (Lipinski definition) is 0. The number of tetrazole rings is 1. The highest BCUT2D eigenvalue weighted by molar-refractivity contribution is 5.79. The minimum absolute atomic E-state index is 0.176. The SMILES string of the molecule is Cn1nnnc1C1CCN(C(=O)Cc2ccc(-n3ccnc3)cc2)CC1. The van der Waals surface area contributed by atoms with Crippen molar-refractivity contribution in [1.82, 2.24) is 34.7 Å². The Balaban J connectivity index is 1.33. The van der Waals surface area contributed by atoms with Crippen molar-refractivity contribution in [3.05, 3.63) is 54.4 Å². The molecule has 0 spiro atoms. The van der Waals surface area contributed by atoms with Gasteiger partial charge in [-0.1, -0.05) is 12.1 Å². The zero-order valence-electron chi connectivity index (χ0n) is 14.7. The second-order valence-corrected chi connectivity index (χ2v) is 6.63. The molecule has 0 bridgehead atoms. The lowest BCUT2D eigenvalue weighted by molar-refractivity contribution is -0.131. The smallest absolute Gasteiger partial charge is 0.226 e. The van der Waals surface area contributed by atoms with Gasteiger partial charge in [-0.3, -0.25) is 4.79 Å². The number of amides is 1. The van der Waals surface area contributed by atoms with Crippen LogP contribution >= 0.6 is 0 Å². The van der Waals surface area contributed by atoms with Crippen LogP contribution in [-0.4, -0.2) is 53.7 Å². The van der Waals surface area contributed by atoms with Gasteiger partial charge < -0.3 is 9.47 Å². The van der Waals surface area contributed by atoms with E-state index in [1.807, 2.05) is 47.0 Å². The molecule has 0 radical (unpaired) electrons. The summed E-state index contributed by atoms with van der Waals surface area (Å²) >= 11 is 0. The molecule has 3 aromatic rings. The standard InChI is InChI=1S/C18H21N7O/c1-23-18(20-21-22-23)15-6-9-24(10-7-15)17(26)12-14-2-4-16(5-3-14)25-11-8-19-13-25/h2-5,8,11,13,15H,6-7,9-10,12H2,1H3. The number of hydrogen-bond acceptors (Lipinski definition) is 5. The van der Waals surface area contributed by atoms with Gasteiger partial charge in [-0.05, 0) is 41.0 Å². The van der Waals surface area contributed by atoms with Gasteiger partial charge in [-0.25, -0.2) is 9.67 Å². The second kappa shape index (κ2) is 7.07. The van der Waals surface area contributed by atoms with Crippen molar-refractivity contribution in [1.29, 1.82) is 0 Å². The number of nitrogens with zero attached hydrogens (tertiary/aromatic N) is 7. The van der Waals surface area contributed by atoms with Crippen molar-refractivity contribution < 1.29 is 4.79 Å². The topological polar surface area (TPSA) is 81.7 Å². The number of carbonyl (C=O) groups excluding carboxylic acids is 1. The lowest BCUT2D eigenvalue weighted by atomic mass is 9.95. The minimum Gasteiger partial charge on any atom is -0.342 e. The average molecular weight is 351 g/mol. The van der Waals surface area contributed by atoms with Gasteiger partial charge in [0.05, 0.1) is 12.7 Å². The zero-order chi connectivity index (χ0) is 17.9. The summed E-state index contributed by atoms with van der Waals surface area (Å²) in [4.78, 5) is 18.6. The predicted octanol–water partition coefficient (Wildman–Crippen LogP) is 1.34. The Morgan fingerprint density at radius 1 is 1.19 bits per heavy atom. The normalized spacial score (nSPS) is 15.3. The van der Waals surface area contributed by atoms with Gasteiger partial charge in [-0.2, -0.15) is 0 Å². The number of piperidine rings is 1. The molecule has 8 heteroatoms. The number of carbonyl (C=O) groups is 1. The Morgan fingerprint density at radius 2 is 1.96 bits per heavy atom. The molecule has 26 heavy (non-hydrogen) atoms. The number of imidazole rings is 1. The van der Waals surface area contributed by atoms with Crippen molar-refractivity contribution in [3.8, 4) is 5.69 Å². The molecule has 4 rings (SSSR count). The molecule has 0 saturated carbocycles. The number of benzene rings is 1. The largest absolute Gasteiger partial charge is 0.342 e.